The van der Waals surface area contributed by atoms with Crippen LogP contribution < -0.4 is 0 Å². The number of benzene rings is 25. The monoisotopic (exact) mass is 1560 g/mol. The van der Waals surface area contributed by atoms with Crippen molar-refractivity contribution in [2.45, 2.75) is 6.92 Å². The van der Waals surface area contributed by atoms with Gasteiger partial charge in [0, 0.05) is 0 Å². The lowest BCUT2D eigenvalue weighted by atomic mass is 9.84. The first-order valence-electron chi connectivity index (χ1n) is 42.7. The molecule has 25 aromatic carbocycles. The molecule has 0 nitrogen and oxygen atoms in total. The van der Waals surface area contributed by atoms with Gasteiger partial charge in [-0.25, -0.2) is 0 Å². The summed E-state index contributed by atoms with van der Waals surface area (Å²) in [5, 5.41) is 35.6. The Labute approximate surface area is 714 Å². The van der Waals surface area contributed by atoms with Gasteiger partial charge < -0.3 is 0 Å². The molecule has 0 N–H and O–H groups in total. The third kappa shape index (κ3) is 13.0. The third-order valence-electron chi connectivity index (χ3n) is 25.6. The Bertz CT molecular complexity index is 8580. The first kappa shape index (κ1) is 72.4. The van der Waals surface area contributed by atoms with Crippen LogP contribution in [0.4, 0.5) is 0 Å². The van der Waals surface area contributed by atoms with E-state index in [9.17, 15) is 0 Å². The minimum Gasteiger partial charge on any atom is -0.0616 e. The van der Waals surface area contributed by atoms with Crippen LogP contribution in [-0.2, 0) is 0 Å². The van der Waals surface area contributed by atoms with Gasteiger partial charge in [0.25, 0.3) is 0 Å². The maximum Gasteiger partial charge on any atom is -0.00259 e. The highest BCUT2D eigenvalue weighted by Crippen LogP contribution is 2.51. The minimum absolute atomic E-state index is 1.23. The lowest BCUT2D eigenvalue weighted by Crippen LogP contribution is -1.92. The van der Waals surface area contributed by atoms with Gasteiger partial charge in [0.15, 0.2) is 0 Å². The van der Waals surface area contributed by atoms with Gasteiger partial charge in [-0.2, -0.15) is 0 Å². The Morgan fingerprint density at radius 2 is 0.301 bits per heavy atom. The van der Waals surface area contributed by atoms with Gasteiger partial charge in [-0.15, -0.1) is 0 Å². The molecule has 25 rings (SSSR count). The van der Waals surface area contributed by atoms with Crippen molar-refractivity contribution in [1.82, 2.24) is 0 Å². The summed E-state index contributed by atoms with van der Waals surface area (Å²) in [6.45, 7) is 2.19. The highest BCUT2D eigenvalue weighted by molar-refractivity contribution is 6.26. The molecule has 0 bridgehead atoms. The molecule has 0 heteroatoms. The average molecular weight is 1560 g/mol. The molecule has 0 spiro atoms. The summed E-state index contributed by atoms with van der Waals surface area (Å²) in [4.78, 5) is 0. The summed E-state index contributed by atoms with van der Waals surface area (Å²) < 4.78 is 0. The Kier molecular flexibility index (Phi) is 17.9. The van der Waals surface area contributed by atoms with Crippen molar-refractivity contribution in [3.8, 4) is 89.0 Å². The van der Waals surface area contributed by atoms with E-state index in [1.54, 1.807) is 0 Å². The molecular weight excluding hydrogens is 1480 g/mol. The summed E-state index contributed by atoms with van der Waals surface area (Å²) >= 11 is 0. The summed E-state index contributed by atoms with van der Waals surface area (Å²) in [5.41, 5.74) is 21.5. The molecule has 572 valence electrons. The smallest absolute Gasteiger partial charge is 0.00259 e. The molecule has 0 aromatic heterocycles. The molecule has 0 aliphatic carbocycles. The summed E-state index contributed by atoms with van der Waals surface area (Å²) in [6.07, 6.45) is 0. The van der Waals surface area contributed by atoms with Gasteiger partial charge >= 0.3 is 0 Å². The zero-order valence-corrected chi connectivity index (χ0v) is 68.0. The number of aryl methyl sites for hydroxylation is 1. The van der Waals surface area contributed by atoms with Crippen LogP contribution in [0.3, 0.4) is 0 Å². The van der Waals surface area contributed by atoms with Crippen molar-refractivity contribution in [1.29, 1.82) is 0 Å². The minimum atomic E-state index is 1.23. The highest BCUT2D eigenvalue weighted by atomic mass is 14.3. The fraction of sp³-hybridized carbons (Fsp3) is 0.00813. The molecule has 0 fully saturated rings. The summed E-state index contributed by atoms with van der Waals surface area (Å²) in [5.74, 6) is 0. The van der Waals surface area contributed by atoms with Crippen molar-refractivity contribution in [3.05, 3.63) is 473 Å². The quantitative estimate of drug-likeness (QED) is 0.133. The molecule has 0 saturated heterocycles. The van der Waals surface area contributed by atoms with E-state index < -0.39 is 0 Å². The van der Waals surface area contributed by atoms with E-state index in [0.29, 0.717) is 0 Å². The molecule has 0 saturated carbocycles. The van der Waals surface area contributed by atoms with Crippen LogP contribution >= 0.6 is 0 Å². The van der Waals surface area contributed by atoms with Gasteiger partial charge in [0.05, 0.1) is 0 Å². The Hall–Kier alpha value is -15.9. The first-order valence-corrected chi connectivity index (χ1v) is 42.7. The molecule has 0 aliphatic rings. The number of hydrogen-bond donors (Lipinski definition) is 0. The highest BCUT2D eigenvalue weighted by Gasteiger charge is 2.23. The van der Waals surface area contributed by atoms with Crippen LogP contribution in [0, 0.1) is 6.92 Å². The van der Waals surface area contributed by atoms with Crippen molar-refractivity contribution >= 4 is 151 Å². The fourth-order valence-electron chi connectivity index (χ4n) is 19.8. The van der Waals surface area contributed by atoms with Crippen molar-refractivity contribution in [2.75, 3.05) is 0 Å². The lowest BCUT2D eigenvalue weighted by Gasteiger charge is -2.19. The van der Waals surface area contributed by atoms with Crippen molar-refractivity contribution < 1.29 is 0 Å². The molecule has 0 unspecified atom stereocenters. The predicted molar refractivity (Wildman–Crippen MR) is 533 cm³/mol. The van der Waals surface area contributed by atoms with Crippen LogP contribution in [-0.4, -0.2) is 0 Å². The lowest BCUT2D eigenvalue weighted by molar-refractivity contribution is 1.51. The van der Waals surface area contributed by atoms with E-state index in [0.717, 1.165) is 0 Å². The zero-order valence-electron chi connectivity index (χ0n) is 68.0. The van der Waals surface area contributed by atoms with E-state index in [4.69, 9.17) is 0 Å². The zero-order chi connectivity index (χ0) is 81.4. The van der Waals surface area contributed by atoms with Gasteiger partial charge in [-0.05, 0) is 301 Å². The second-order valence-electron chi connectivity index (χ2n) is 32.9. The van der Waals surface area contributed by atoms with Crippen LogP contribution in [0.25, 0.3) is 240 Å². The fourth-order valence-corrected chi connectivity index (χ4v) is 19.8. The van der Waals surface area contributed by atoms with E-state index in [1.165, 1.54) is 245 Å². The SMILES string of the molecule is Cc1ccc2c(-c3ccc4ccccc4c3)c3ccccc3c(-c3ccc4ccccc4c3)c2c1.c1ccc2cc(-c3c4ccccc4c(-c4ccc5ccccc5c4)c4cc(-c5cccc6ccccc56)ccc34)ccc2c1.c1ccc2cc(-c3ccc4c(-c5ccc6ccccc6c5)c5ccccc5c(-c5ccc6ccccc6c5)c4c3)ccc2c1. The van der Waals surface area contributed by atoms with Gasteiger partial charge in [0.2, 0.25) is 0 Å². The van der Waals surface area contributed by atoms with Gasteiger partial charge in [0.1, 0.15) is 0 Å². The van der Waals surface area contributed by atoms with Gasteiger partial charge in [-0.3, -0.25) is 0 Å². The van der Waals surface area contributed by atoms with E-state index in [-0.39, 0.29) is 0 Å². The van der Waals surface area contributed by atoms with Crippen molar-refractivity contribution in [2.24, 2.45) is 0 Å². The maximum absolute atomic E-state index is 2.43. The summed E-state index contributed by atoms with van der Waals surface area (Å²) in [6, 6.07) is 172. The number of fused-ring (bicyclic) bond motifs is 14. The second kappa shape index (κ2) is 30.5. The predicted octanol–water partition coefficient (Wildman–Crippen LogP) is 34.8. The molecule has 0 aliphatic heterocycles. The molecule has 0 atom stereocenters. The molecule has 25 aromatic rings. The first-order chi connectivity index (χ1) is 60.9. The number of hydrogen-bond acceptors (Lipinski definition) is 0. The average Bonchev–Trinajstić information content (AvgIpc) is 0.735. The van der Waals surface area contributed by atoms with Crippen LogP contribution in [0.5, 0.6) is 0 Å². The van der Waals surface area contributed by atoms with E-state index in [1.807, 2.05) is 0 Å². The van der Waals surface area contributed by atoms with Crippen LogP contribution in [0.1, 0.15) is 5.56 Å². The third-order valence-corrected chi connectivity index (χ3v) is 25.6. The Morgan fingerprint density at radius 3 is 0.618 bits per heavy atom. The molecule has 0 amide bonds. The van der Waals surface area contributed by atoms with Crippen LogP contribution in [0.15, 0.2) is 467 Å². The molecular formula is C123H80. The molecule has 0 radical (unpaired) electrons. The van der Waals surface area contributed by atoms with Crippen LogP contribution in [0.2, 0.25) is 0 Å². The van der Waals surface area contributed by atoms with Crippen molar-refractivity contribution in [3.63, 3.8) is 0 Å². The Balaban J connectivity index is 0.000000108. The van der Waals surface area contributed by atoms with E-state index >= 15 is 0 Å². The summed E-state index contributed by atoms with van der Waals surface area (Å²) in [7, 11) is 0. The second-order valence-corrected chi connectivity index (χ2v) is 32.9. The molecule has 123 heavy (non-hydrogen) atoms. The topological polar surface area (TPSA) is 0 Å². The van der Waals surface area contributed by atoms with E-state index in [2.05, 4.69) is 474 Å². The normalized spacial score (nSPS) is 11.6. The standard InChI is InChI=1S/2C44H28.C35H24/c1-4-12-32-25-35(20-17-29(32)9-1)36-23-24-41-42(28-36)44(38-22-19-31-11-3-6-14-34(31)27-38)40-16-8-7-15-39(40)43(41)37-21-18-30-10-2-5-13-33(30)26-37;1-3-13-32-26-35(22-20-29(32)10-1)43-39-17-7-8-18-40(39)44(36-23-21-30-11-2-4-14-33(30)27-36)42-28-34(24-25-41(42)43)38-19-9-15-31-12-5-6-16-37(31)38;1-23-14-19-32-33(20-23)35(29-18-16-25-9-3-5-11-27(25)22-29)31-13-7-6-12-30(31)34(32)28-17-15-24-8-2-4-10-26(24)21-28/h2*1-28H;2-22H,1H3. The molecule has 0 heterocycles. The maximum atomic E-state index is 2.43. The number of rotatable bonds is 8. The largest absolute Gasteiger partial charge is 0.0616 e. The van der Waals surface area contributed by atoms with Gasteiger partial charge in [-0.1, -0.05) is 418 Å². The Morgan fingerprint density at radius 1 is 0.106 bits per heavy atom.